The zero-order valence-corrected chi connectivity index (χ0v) is 15.6. The Balaban J connectivity index is 1.59. The molecule has 3 amide bonds. The molecule has 0 bridgehead atoms. The smallest absolute Gasteiger partial charge is 0.322 e. The Kier molecular flexibility index (Phi) is 5.08. The Bertz CT molecular complexity index is 902. The zero-order chi connectivity index (χ0) is 19.7. The lowest BCUT2D eigenvalue weighted by Crippen LogP contribution is -2.53. The number of nitrogens with zero attached hydrogens (tertiary/aromatic N) is 2. The Labute approximate surface area is 157 Å². The standard InChI is InChI=1S/C17H20N4O5S/c1-17(15(22)19-16(23)20-17)11-27(24,25)21-7-5-13(6-8-21)26-14-4-2-3-12(9-14)10-18/h2-4,9,13H,5-8,11H2,1H3,(H2,19,20,22,23)/t17-/m0/s1. The molecule has 0 saturated carbocycles. The van der Waals surface area contributed by atoms with Crippen LogP contribution in [-0.4, -0.2) is 55.1 Å². The molecule has 27 heavy (non-hydrogen) atoms. The van der Waals surface area contributed by atoms with E-state index in [0.29, 0.717) is 24.2 Å². The molecule has 2 N–H and O–H groups in total. The van der Waals surface area contributed by atoms with Gasteiger partial charge >= 0.3 is 6.03 Å². The van der Waals surface area contributed by atoms with E-state index in [4.69, 9.17) is 10.00 Å². The number of imide groups is 1. The molecule has 0 aromatic heterocycles. The molecule has 0 unspecified atom stereocenters. The number of sulfonamides is 1. The predicted octanol–water partition coefficient (Wildman–Crippen LogP) is 0.329. The van der Waals surface area contributed by atoms with Gasteiger partial charge in [0, 0.05) is 13.1 Å². The van der Waals surface area contributed by atoms with Crippen molar-refractivity contribution in [3.8, 4) is 11.8 Å². The van der Waals surface area contributed by atoms with Crippen LogP contribution in [0.4, 0.5) is 4.79 Å². The monoisotopic (exact) mass is 392 g/mol. The van der Waals surface area contributed by atoms with Crippen LogP contribution < -0.4 is 15.4 Å². The van der Waals surface area contributed by atoms with Crippen LogP contribution in [0.3, 0.4) is 0 Å². The molecule has 0 radical (unpaired) electrons. The number of nitriles is 1. The third-order valence-corrected chi connectivity index (χ3v) is 6.74. The molecular weight excluding hydrogens is 372 g/mol. The number of benzene rings is 1. The first-order chi connectivity index (χ1) is 12.7. The summed E-state index contributed by atoms with van der Waals surface area (Å²) in [6.45, 7) is 1.91. The van der Waals surface area contributed by atoms with Crippen molar-refractivity contribution in [3.05, 3.63) is 29.8 Å². The van der Waals surface area contributed by atoms with Gasteiger partial charge in [0.15, 0.2) is 0 Å². The van der Waals surface area contributed by atoms with Gasteiger partial charge in [-0.3, -0.25) is 10.1 Å². The first kappa shape index (κ1) is 19.1. The second kappa shape index (κ2) is 7.17. The summed E-state index contributed by atoms with van der Waals surface area (Å²) < 4.78 is 32.5. The van der Waals surface area contributed by atoms with Crippen molar-refractivity contribution in [2.45, 2.75) is 31.4 Å². The maximum Gasteiger partial charge on any atom is 0.322 e. The van der Waals surface area contributed by atoms with Crippen molar-refractivity contribution in [2.75, 3.05) is 18.8 Å². The molecule has 2 heterocycles. The van der Waals surface area contributed by atoms with Crippen molar-refractivity contribution in [3.63, 3.8) is 0 Å². The molecule has 9 nitrogen and oxygen atoms in total. The van der Waals surface area contributed by atoms with E-state index < -0.39 is 33.3 Å². The van der Waals surface area contributed by atoms with E-state index in [2.05, 4.69) is 10.6 Å². The summed E-state index contributed by atoms with van der Waals surface area (Å²) >= 11 is 0. The first-order valence-electron chi connectivity index (χ1n) is 8.50. The molecule has 0 aliphatic carbocycles. The number of ether oxygens (including phenoxy) is 1. The predicted molar refractivity (Wildman–Crippen MR) is 95.2 cm³/mol. The lowest BCUT2D eigenvalue weighted by atomic mass is 10.1. The van der Waals surface area contributed by atoms with Crippen LogP contribution in [0.5, 0.6) is 5.75 Å². The average Bonchev–Trinajstić information content (AvgIpc) is 2.86. The average molecular weight is 392 g/mol. The molecule has 1 atom stereocenters. The normalized spacial score (nSPS) is 24.1. The van der Waals surface area contributed by atoms with Gasteiger partial charge in [-0.1, -0.05) is 6.07 Å². The fraction of sp³-hybridized carbons (Fsp3) is 0.471. The van der Waals surface area contributed by atoms with Crippen LogP contribution >= 0.6 is 0 Å². The summed E-state index contributed by atoms with van der Waals surface area (Å²) in [7, 11) is -3.73. The van der Waals surface area contributed by atoms with Crippen LogP contribution in [0.1, 0.15) is 25.3 Å². The molecule has 3 rings (SSSR count). The molecule has 1 aromatic carbocycles. The van der Waals surface area contributed by atoms with Crippen LogP contribution in [0, 0.1) is 11.3 Å². The molecule has 0 spiro atoms. The van der Waals surface area contributed by atoms with Gasteiger partial charge in [0.1, 0.15) is 17.4 Å². The molecule has 2 fully saturated rings. The molecule has 2 saturated heterocycles. The van der Waals surface area contributed by atoms with Gasteiger partial charge in [-0.2, -0.15) is 5.26 Å². The highest BCUT2D eigenvalue weighted by atomic mass is 32.2. The van der Waals surface area contributed by atoms with Crippen LogP contribution in [-0.2, 0) is 14.8 Å². The number of piperidine rings is 1. The van der Waals surface area contributed by atoms with Gasteiger partial charge in [0.05, 0.1) is 17.4 Å². The summed E-state index contributed by atoms with van der Waals surface area (Å²) in [5.41, 5.74) is -0.973. The zero-order valence-electron chi connectivity index (χ0n) is 14.8. The van der Waals surface area contributed by atoms with Crippen molar-refractivity contribution < 1.29 is 22.7 Å². The maximum absolute atomic E-state index is 12.7. The number of hydrogen-bond acceptors (Lipinski definition) is 6. The summed E-state index contributed by atoms with van der Waals surface area (Å²) in [5.74, 6) is -0.562. The highest BCUT2D eigenvalue weighted by Gasteiger charge is 2.46. The quantitative estimate of drug-likeness (QED) is 0.695. The van der Waals surface area contributed by atoms with E-state index in [-0.39, 0.29) is 19.2 Å². The third-order valence-electron chi connectivity index (χ3n) is 4.65. The summed E-state index contributed by atoms with van der Waals surface area (Å²) in [6, 6.07) is 8.17. The molecule has 144 valence electrons. The van der Waals surface area contributed by atoms with Crippen molar-refractivity contribution >= 4 is 22.0 Å². The van der Waals surface area contributed by atoms with E-state index in [1.54, 1.807) is 24.3 Å². The molecule has 2 aliphatic rings. The van der Waals surface area contributed by atoms with Crippen LogP contribution in [0.15, 0.2) is 24.3 Å². The van der Waals surface area contributed by atoms with Crippen LogP contribution in [0.2, 0.25) is 0 Å². The molecule has 10 heteroatoms. The lowest BCUT2D eigenvalue weighted by Gasteiger charge is -2.33. The maximum atomic E-state index is 12.7. The van der Waals surface area contributed by atoms with E-state index >= 15 is 0 Å². The number of carbonyl (C=O) groups excluding carboxylic acids is 2. The lowest BCUT2D eigenvalue weighted by molar-refractivity contribution is -0.122. The second-order valence-electron chi connectivity index (χ2n) is 6.85. The van der Waals surface area contributed by atoms with Crippen LogP contribution in [0.25, 0.3) is 0 Å². The van der Waals surface area contributed by atoms with E-state index in [9.17, 15) is 18.0 Å². The number of rotatable bonds is 5. The van der Waals surface area contributed by atoms with Crippen molar-refractivity contribution in [1.82, 2.24) is 14.9 Å². The number of nitrogens with one attached hydrogen (secondary N) is 2. The van der Waals surface area contributed by atoms with E-state index in [0.717, 1.165) is 0 Å². The number of carbonyl (C=O) groups is 2. The summed E-state index contributed by atoms with van der Waals surface area (Å²) in [4.78, 5) is 23.2. The van der Waals surface area contributed by atoms with Gasteiger partial charge < -0.3 is 10.1 Å². The highest BCUT2D eigenvalue weighted by molar-refractivity contribution is 7.89. The van der Waals surface area contributed by atoms with Gasteiger partial charge in [-0.15, -0.1) is 0 Å². The van der Waals surface area contributed by atoms with Gasteiger partial charge in [0.2, 0.25) is 10.0 Å². The van der Waals surface area contributed by atoms with Gasteiger partial charge in [-0.05, 0) is 38.0 Å². The summed E-state index contributed by atoms with van der Waals surface area (Å²) in [6.07, 6.45) is 0.826. The second-order valence-corrected chi connectivity index (χ2v) is 8.82. The third kappa shape index (κ3) is 4.20. The Morgan fingerprint density at radius 1 is 1.33 bits per heavy atom. The van der Waals surface area contributed by atoms with Crippen molar-refractivity contribution in [2.24, 2.45) is 0 Å². The number of urea groups is 1. The molecular formula is C17H20N4O5S. The Morgan fingerprint density at radius 2 is 2.04 bits per heavy atom. The largest absolute Gasteiger partial charge is 0.490 e. The topological polar surface area (TPSA) is 129 Å². The fourth-order valence-corrected chi connectivity index (χ4v) is 5.08. The minimum atomic E-state index is -3.73. The molecule has 1 aromatic rings. The minimum absolute atomic E-state index is 0.157. The van der Waals surface area contributed by atoms with Crippen molar-refractivity contribution in [1.29, 1.82) is 5.26 Å². The number of amides is 3. The Morgan fingerprint density at radius 3 is 2.63 bits per heavy atom. The number of hydrogen-bond donors (Lipinski definition) is 2. The fourth-order valence-electron chi connectivity index (χ4n) is 3.20. The van der Waals surface area contributed by atoms with E-state index in [1.165, 1.54) is 11.2 Å². The highest BCUT2D eigenvalue weighted by Crippen LogP contribution is 2.23. The first-order valence-corrected chi connectivity index (χ1v) is 10.1. The Hall–Kier alpha value is -2.64. The summed E-state index contributed by atoms with van der Waals surface area (Å²) in [5, 5.41) is 13.4. The van der Waals surface area contributed by atoms with Gasteiger partial charge in [-0.25, -0.2) is 17.5 Å². The minimum Gasteiger partial charge on any atom is -0.490 e. The van der Waals surface area contributed by atoms with Gasteiger partial charge in [0.25, 0.3) is 5.91 Å². The van der Waals surface area contributed by atoms with E-state index in [1.807, 2.05) is 6.07 Å². The molecule has 2 aliphatic heterocycles. The SMILES string of the molecule is C[C@@]1(CS(=O)(=O)N2CCC(Oc3cccc(C#N)c3)CC2)NC(=O)NC1=O.